The number of thioether (sulfide) groups is 1. The number of nitrogens with one attached hydrogen (secondary N) is 1. The number of ether oxygens (including phenoxy) is 2. The average Bonchev–Trinajstić information content (AvgIpc) is 3.26. The molecule has 0 spiro atoms. The van der Waals surface area contributed by atoms with E-state index in [0.717, 1.165) is 0 Å². The van der Waals surface area contributed by atoms with Gasteiger partial charge in [0.1, 0.15) is 5.70 Å². The maximum absolute atomic E-state index is 13.1. The van der Waals surface area contributed by atoms with E-state index in [1.165, 1.54) is 23.6 Å². The number of cyclic esters (lactones) is 1. The van der Waals surface area contributed by atoms with Crippen molar-refractivity contribution in [1.82, 2.24) is 10.2 Å². The number of hydrogen-bond donors (Lipinski definition) is 2. The van der Waals surface area contributed by atoms with Crippen molar-refractivity contribution >= 4 is 35.5 Å². The van der Waals surface area contributed by atoms with Crippen LogP contribution < -0.4 is 5.32 Å². The molecule has 168 valence electrons. The summed E-state index contributed by atoms with van der Waals surface area (Å²) < 4.78 is 10.7. The number of allylic oxidation sites excluding steroid dienone is 1. The molecule has 0 aliphatic carbocycles. The van der Waals surface area contributed by atoms with Gasteiger partial charge in [0, 0.05) is 36.1 Å². The van der Waals surface area contributed by atoms with Gasteiger partial charge in [-0.15, -0.1) is 0 Å². The minimum Gasteiger partial charge on any atom is -0.417 e. The molecule has 1 saturated heterocycles. The topological polar surface area (TPSA) is 122 Å². The summed E-state index contributed by atoms with van der Waals surface area (Å²) >= 11 is 1.22. The number of nitrogens with zero attached hydrogens (tertiary/aromatic N) is 1. The first-order valence-corrected chi connectivity index (χ1v) is 11.0. The van der Waals surface area contributed by atoms with Crippen molar-refractivity contribution in [1.29, 1.82) is 0 Å². The zero-order valence-electron chi connectivity index (χ0n) is 17.5. The second-order valence-electron chi connectivity index (χ2n) is 7.70. The van der Waals surface area contributed by atoms with Crippen LogP contribution in [0.4, 0.5) is 0 Å². The van der Waals surface area contributed by atoms with Gasteiger partial charge in [0.25, 0.3) is 6.29 Å². The Morgan fingerprint density at radius 3 is 2.78 bits per heavy atom. The van der Waals surface area contributed by atoms with Crippen molar-refractivity contribution in [3.05, 3.63) is 57.1 Å². The van der Waals surface area contributed by atoms with E-state index in [2.05, 4.69) is 5.32 Å². The minimum absolute atomic E-state index is 0.103. The highest BCUT2D eigenvalue weighted by Gasteiger charge is 2.55. The summed E-state index contributed by atoms with van der Waals surface area (Å²) in [5, 5.41) is 13.6. The van der Waals surface area contributed by atoms with E-state index in [-0.39, 0.29) is 36.1 Å². The number of aliphatic hydroxyl groups is 1. The maximum Gasteiger partial charge on any atom is 0.359 e. The number of amides is 2. The van der Waals surface area contributed by atoms with Crippen LogP contribution in [-0.2, 0) is 23.9 Å². The van der Waals surface area contributed by atoms with Gasteiger partial charge in [0.15, 0.2) is 0 Å². The van der Waals surface area contributed by atoms with Crippen molar-refractivity contribution in [3.63, 3.8) is 0 Å². The minimum atomic E-state index is -1.19. The lowest BCUT2D eigenvalue weighted by atomic mass is 9.85. The van der Waals surface area contributed by atoms with Crippen molar-refractivity contribution in [2.45, 2.75) is 39.0 Å². The van der Waals surface area contributed by atoms with Gasteiger partial charge < -0.3 is 24.8 Å². The number of carbonyl (C=O) groups is 4. The quantitative estimate of drug-likeness (QED) is 0.470. The van der Waals surface area contributed by atoms with Gasteiger partial charge >= 0.3 is 11.9 Å². The third-order valence-corrected chi connectivity index (χ3v) is 6.61. The van der Waals surface area contributed by atoms with Gasteiger partial charge in [-0.3, -0.25) is 9.59 Å². The van der Waals surface area contributed by atoms with Crippen molar-refractivity contribution < 1.29 is 33.8 Å². The predicted octanol–water partition coefficient (Wildman–Crippen LogP) is 1.95. The molecule has 0 bridgehead atoms. The Morgan fingerprint density at radius 1 is 1.31 bits per heavy atom. The van der Waals surface area contributed by atoms with Crippen LogP contribution in [0.25, 0.3) is 0 Å². The fourth-order valence-electron chi connectivity index (χ4n) is 4.13. The summed E-state index contributed by atoms with van der Waals surface area (Å²) in [6.45, 7) is 2.98. The molecule has 3 aliphatic rings. The van der Waals surface area contributed by atoms with Crippen LogP contribution >= 0.6 is 11.8 Å². The van der Waals surface area contributed by atoms with E-state index in [9.17, 15) is 24.3 Å². The molecule has 3 heterocycles. The number of fused-ring (bicyclic) bond motifs is 2. The zero-order chi connectivity index (χ0) is 23.0. The van der Waals surface area contributed by atoms with Gasteiger partial charge in [-0.25, -0.2) is 9.59 Å². The normalized spacial score (nSPS) is 24.0. The van der Waals surface area contributed by atoms with E-state index < -0.39 is 18.2 Å². The predicted molar refractivity (Wildman–Crippen MR) is 113 cm³/mol. The fourth-order valence-corrected chi connectivity index (χ4v) is 5.06. The number of esters is 2. The van der Waals surface area contributed by atoms with Crippen LogP contribution in [-0.4, -0.2) is 46.4 Å². The standard InChI is InChI=1S/C22H22N2O7S/c1-11(23-12(2)26)10-32-17-9-16-15(7-8-25)19(27)24(16)18(17)21(29)31-22-14-6-4-3-5-13(14)20(28)30-22/h3-6,10,15-16,22,25H,7-9H2,1-2H3,(H,23,26). The molecule has 3 atom stereocenters. The summed E-state index contributed by atoms with van der Waals surface area (Å²) in [6, 6.07) is 6.39. The Bertz CT molecular complexity index is 1060. The third kappa shape index (κ3) is 3.91. The Hall–Kier alpha value is -3.11. The first-order chi connectivity index (χ1) is 15.3. The number of rotatable bonds is 7. The molecule has 10 heteroatoms. The molecule has 3 unspecified atom stereocenters. The number of hydrogen-bond acceptors (Lipinski definition) is 8. The van der Waals surface area contributed by atoms with Crippen molar-refractivity contribution in [3.8, 4) is 0 Å². The highest BCUT2D eigenvalue weighted by atomic mass is 32.2. The monoisotopic (exact) mass is 458 g/mol. The van der Waals surface area contributed by atoms with Crippen LogP contribution in [0.3, 0.4) is 0 Å². The molecule has 1 fully saturated rings. The SMILES string of the molecule is CC(=O)NC(C)=CSC1=C(C(=O)OC2OC(=O)c3ccccc32)N2C(=O)C(CCO)C2C1. The van der Waals surface area contributed by atoms with Gasteiger partial charge in [-0.1, -0.05) is 30.0 Å². The molecule has 2 amide bonds. The Balaban J connectivity index is 1.58. The molecule has 4 rings (SSSR count). The molecular weight excluding hydrogens is 436 g/mol. The fraction of sp³-hybridized carbons (Fsp3) is 0.364. The third-order valence-electron chi connectivity index (χ3n) is 5.50. The number of benzene rings is 1. The highest BCUT2D eigenvalue weighted by molar-refractivity contribution is 8.05. The summed E-state index contributed by atoms with van der Waals surface area (Å²) in [4.78, 5) is 51.1. The smallest absolute Gasteiger partial charge is 0.359 e. The number of aliphatic hydroxyl groups excluding tert-OH is 1. The molecule has 2 N–H and O–H groups in total. The van der Waals surface area contributed by atoms with E-state index in [1.54, 1.807) is 36.6 Å². The number of β-lactam (4-membered cyclic amide) rings is 1. The summed E-state index contributed by atoms with van der Waals surface area (Å²) in [7, 11) is 0. The van der Waals surface area contributed by atoms with Gasteiger partial charge in [0.05, 0.1) is 17.5 Å². The van der Waals surface area contributed by atoms with E-state index >= 15 is 0 Å². The zero-order valence-corrected chi connectivity index (χ0v) is 18.3. The lowest BCUT2D eigenvalue weighted by Gasteiger charge is -2.43. The van der Waals surface area contributed by atoms with Crippen LogP contribution in [0, 0.1) is 5.92 Å². The lowest BCUT2D eigenvalue weighted by molar-refractivity contribution is -0.170. The summed E-state index contributed by atoms with van der Waals surface area (Å²) in [5.74, 6) is -2.19. The maximum atomic E-state index is 13.1. The van der Waals surface area contributed by atoms with E-state index in [1.807, 2.05) is 0 Å². The molecule has 0 saturated carbocycles. The van der Waals surface area contributed by atoms with Crippen LogP contribution in [0.5, 0.6) is 0 Å². The molecule has 1 aromatic carbocycles. The average molecular weight is 458 g/mol. The molecule has 9 nitrogen and oxygen atoms in total. The Morgan fingerprint density at radius 2 is 2.06 bits per heavy atom. The highest BCUT2D eigenvalue weighted by Crippen LogP contribution is 2.48. The Kier molecular flexibility index (Phi) is 6.07. The summed E-state index contributed by atoms with van der Waals surface area (Å²) in [5.41, 5.74) is 1.47. The van der Waals surface area contributed by atoms with Crippen LogP contribution in [0.1, 0.15) is 48.9 Å². The second kappa shape index (κ2) is 8.79. The van der Waals surface area contributed by atoms with E-state index in [4.69, 9.17) is 9.47 Å². The second-order valence-corrected chi connectivity index (χ2v) is 8.66. The molecule has 0 aromatic heterocycles. The largest absolute Gasteiger partial charge is 0.417 e. The number of carbonyl (C=O) groups excluding carboxylic acids is 4. The molecular formula is C22H22N2O7S. The van der Waals surface area contributed by atoms with Gasteiger partial charge in [0.2, 0.25) is 11.8 Å². The van der Waals surface area contributed by atoms with Gasteiger partial charge in [-0.05, 0) is 24.8 Å². The molecule has 1 aromatic rings. The van der Waals surface area contributed by atoms with Crippen molar-refractivity contribution in [2.24, 2.45) is 5.92 Å². The lowest BCUT2D eigenvalue weighted by Crippen LogP contribution is -2.58. The summed E-state index contributed by atoms with van der Waals surface area (Å²) in [6.07, 6.45) is -0.448. The molecule has 3 aliphatic heterocycles. The first kappa shape index (κ1) is 22.1. The van der Waals surface area contributed by atoms with Crippen LogP contribution in [0.2, 0.25) is 0 Å². The van der Waals surface area contributed by atoms with E-state index in [0.29, 0.717) is 34.6 Å². The van der Waals surface area contributed by atoms with Crippen molar-refractivity contribution in [2.75, 3.05) is 6.61 Å². The Labute approximate surface area is 188 Å². The molecule has 0 radical (unpaired) electrons. The first-order valence-electron chi connectivity index (χ1n) is 10.1. The van der Waals surface area contributed by atoms with Crippen LogP contribution in [0.15, 0.2) is 46.0 Å². The van der Waals surface area contributed by atoms with Gasteiger partial charge in [-0.2, -0.15) is 0 Å². The molecule has 32 heavy (non-hydrogen) atoms.